The number of benzene rings is 1. The van der Waals surface area contributed by atoms with Crippen LogP contribution in [0.25, 0.3) is 0 Å². The summed E-state index contributed by atoms with van der Waals surface area (Å²) in [7, 11) is 1.69. The molecule has 1 aliphatic rings. The van der Waals surface area contributed by atoms with Crippen molar-refractivity contribution < 1.29 is 27.8 Å². The van der Waals surface area contributed by atoms with Crippen molar-refractivity contribution in [1.82, 2.24) is 0 Å². The van der Waals surface area contributed by atoms with Crippen LogP contribution in [0.5, 0.6) is 5.75 Å². The monoisotopic (exact) mass is 277 g/mol. The lowest BCUT2D eigenvalue weighted by Crippen LogP contribution is -2.36. The number of carboxylic acid groups (broad SMARTS) is 1. The predicted molar refractivity (Wildman–Crippen MR) is 63.5 cm³/mol. The molecule has 106 valence electrons. The molecule has 1 saturated heterocycles. The van der Waals surface area contributed by atoms with E-state index in [9.17, 15) is 13.2 Å². The molecule has 4 nitrogen and oxygen atoms in total. The fourth-order valence-electron chi connectivity index (χ4n) is 1.37. The molecule has 0 radical (unpaired) electrons. The van der Waals surface area contributed by atoms with Gasteiger partial charge in [0.25, 0.3) is 0 Å². The molecule has 0 unspecified atom stereocenters. The Kier molecular flexibility index (Phi) is 5.02. The van der Waals surface area contributed by atoms with Gasteiger partial charge >= 0.3 is 12.1 Å². The van der Waals surface area contributed by atoms with Crippen molar-refractivity contribution in [2.24, 2.45) is 0 Å². The van der Waals surface area contributed by atoms with Gasteiger partial charge in [0, 0.05) is 18.8 Å². The highest BCUT2D eigenvalue weighted by atomic mass is 19.4. The summed E-state index contributed by atoms with van der Waals surface area (Å²) in [4.78, 5) is 11.3. The van der Waals surface area contributed by atoms with Gasteiger partial charge in [-0.05, 0) is 30.7 Å². The summed E-state index contributed by atoms with van der Waals surface area (Å²) >= 11 is 0. The third kappa shape index (κ3) is 4.69. The van der Waals surface area contributed by atoms with Gasteiger partial charge in [-0.3, -0.25) is 0 Å². The van der Waals surface area contributed by atoms with E-state index in [2.05, 4.69) is 17.0 Å². The number of carbonyl (C=O) groups is 1. The van der Waals surface area contributed by atoms with E-state index in [0.29, 0.717) is 0 Å². The Bertz CT molecular complexity index is 413. The van der Waals surface area contributed by atoms with Crippen LogP contribution in [0.4, 0.5) is 18.9 Å². The topological polar surface area (TPSA) is 49.8 Å². The maximum Gasteiger partial charge on any atom is 0.490 e. The molecular formula is C12H14F3NO3. The van der Waals surface area contributed by atoms with Crippen molar-refractivity contribution in [1.29, 1.82) is 0 Å². The minimum absolute atomic E-state index is 0.930. The third-order valence-corrected chi connectivity index (χ3v) is 2.54. The van der Waals surface area contributed by atoms with Gasteiger partial charge in [-0.2, -0.15) is 13.2 Å². The number of nitrogens with zero attached hydrogens (tertiary/aromatic N) is 1. The predicted octanol–water partition coefficient (Wildman–Crippen LogP) is 2.54. The Morgan fingerprint density at radius 1 is 1.26 bits per heavy atom. The molecule has 7 heteroatoms. The quantitative estimate of drug-likeness (QED) is 0.902. The average molecular weight is 277 g/mol. The number of alkyl halides is 3. The van der Waals surface area contributed by atoms with E-state index >= 15 is 0 Å². The van der Waals surface area contributed by atoms with Crippen LogP contribution >= 0.6 is 0 Å². The standard InChI is InChI=1S/C10H13NO.C2HF3O2/c1-12-10-5-3-9(4-6-10)11-7-2-8-11;3-2(4,5)1(6)7/h3-6H,2,7-8H2,1H3;(H,6,7). The Morgan fingerprint density at radius 3 is 2.00 bits per heavy atom. The van der Waals surface area contributed by atoms with Gasteiger partial charge < -0.3 is 14.7 Å². The van der Waals surface area contributed by atoms with Gasteiger partial charge in [-0.15, -0.1) is 0 Å². The third-order valence-electron chi connectivity index (χ3n) is 2.54. The first-order valence-electron chi connectivity index (χ1n) is 5.53. The summed E-state index contributed by atoms with van der Waals surface area (Å²) in [6, 6.07) is 8.23. The van der Waals surface area contributed by atoms with E-state index in [1.54, 1.807) is 7.11 Å². The number of hydrogen-bond acceptors (Lipinski definition) is 3. The normalized spacial score (nSPS) is 14.0. The average Bonchev–Trinajstić information content (AvgIpc) is 2.27. The molecule has 0 aromatic heterocycles. The van der Waals surface area contributed by atoms with Crippen molar-refractivity contribution in [3.8, 4) is 5.75 Å². The zero-order chi connectivity index (χ0) is 14.5. The van der Waals surface area contributed by atoms with Gasteiger partial charge in [0.15, 0.2) is 0 Å². The second-order valence-corrected chi connectivity index (χ2v) is 3.84. The zero-order valence-corrected chi connectivity index (χ0v) is 10.3. The Balaban J connectivity index is 0.000000224. The molecule has 1 fully saturated rings. The molecule has 0 atom stereocenters. The van der Waals surface area contributed by atoms with Gasteiger partial charge in [-0.25, -0.2) is 4.79 Å². The molecule has 0 spiro atoms. The fraction of sp³-hybridized carbons (Fsp3) is 0.417. The Morgan fingerprint density at radius 2 is 1.74 bits per heavy atom. The Hall–Kier alpha value is -1.92. The van der Waals surface area contributed by atoms with Gasteiger partial charge in [0.2, 0.25) is 0 Å². The minimum Gasteiger partial charge on any atom is -0.497 e. The summed E-state index contributed by atoms with van der Waals surface area (Å²) in [6.07, 6.45) is -3.76. The molecule has 1 aliphatic heterocycles. The SMILES string of the molecule is COc1ccc(N2CCC2)cc1.O=C(O)C(F)(F)F. The second kappa shape index (κ2) is 6.31. The molecule has 0 saturated carbocycles. The van der Waals surface area contributed by atoms with Crippen LogP contribution < -0.4 is 9.64 Å². The zero-order valence-electron chi connectivity index (χ0n) is 10.3. The molecule has 0 amide bonds. The number of ether oxygens (including phenoxy) is 1. The fourth-order valence-corrected chi connectivity index (χ4v) is 1.37. The summed E-state index contributed by atoms with van der Waals surface area (Å²) in [6.45, 7) is 2.40. The molecule has 0 bridgehead atoms. The number of hydrogen-bond donors (Lipinski definition) is 1. The smallest absolute Gasteiger partial charge is 0.490 e. The van der Waals surface area contributed by atoms with E-state index in [-0.39, 0.29) is 0 Å². The molecule has 1 heterocycles. The maximum absolute atomic E-state index is 10.6. The summed E-state index contributed by atoms with van der Waals surface area (Å²) in [5.41, 5.74) is 1.31. The number of rotatable bonds is 2. The first kappa shape index (κ1) is 15.1. The number of aliphatic carboxylic acids is 1. The van der Waals surface area contributed by atoms with Crippen molar-refractivity contribution in [2.45, 2.75) is 12.6 Å². The van der Waals surface area contributed by atoms with Crippen LogP contribution in [0.1, 0.15) is 6.42 Å². The van der Waals surface area contributed by atoms with Crippen molar-refractivity contribution in [3.63, 3.8) is 0 Å². The number of halogens is 3. The number of anilines is 1. The highest BCUT2D eigenvalue weighted by molar-refractivity contribution is 5.73. The maximum atomic E-state index is 10.6. The number of methoxy groups -OCH3 is 1. The summed E-state index contributed by atoms with van der Waals surface area (Å²) in [5, 5.41) is 7.12. The summed E-state index contributed by atoms with van der Waals surface area (Å²) < 4.78 is 36.8. The van der Waals surface area contributed by atoms with Crippen LogP contribution in [0.15, 0.2) is 24.3 Å². The van der Waals surface area contributed by atoms with Gasteiger partial charge in [-0.1, -0.05) is 0 Å². The van der Waals surface area contributed by atoms with Crippen LogP contribution in [-0.4, -0.2) is 37.5 Å². The molecular weight excluding hydrogens is 263 g/mol. The second-order valence-electron chi connectivity index (χ2n) is 3.84. The lowest BCUT2D eigenvalue weighted by molar-refractivity contribution is -0.192. The summed E-state index contributed by atoms with van der Waals surface area (Å²) in [5.74, 6) is -1.83. The van der Waals surface area contributed by atoms with Crippen molar-refractivity contribution in [2.75, 3.05) is 25.1 Å². The van der Waals surface area contributed by atoms with Crippen molar-refractivity contribution in [3.05, 3.63) is 24.3 Å². The lowest BCUT2D eigenvalue weighted by Gasteiger charge is -2.33. The molecule has 1 aromatic rings. The highest BCUT2D eigenvalue weighted by Gasteiger charge is 2.38. The van der Waals surface area contributed by atoms with E-state index in [1.165, 1.54) is 25.2 Å². The molecule has 1 aromatic carbocycles. The number of carboxylic acids is 1. The van der Waals surface area contributed by atoms with Crippen molar-refractivity contribution >= 4 is 11.7 Å². The van der Waals surface area contributed by atoms with Gasteiger partial charge in [0.1, 0.15) is 5.75 Å². The van der Waals surface area contributed by atoms with Gasteiger partial charge in [0.05, 0.1) is 7.11 Å². The molecule has 19 heavy (non-hydrogen) atoms. The first-order chi connectivity index (χ1) is 8.84. The van der Waals surface area contributed by atoms with Crippen LogP contribution in [-0.2, 0) is 4.79 Å². The van der Waals surface area contributed by atoms with E-state index in [0.717, 1.165) is 5.75 Å². The Labute approximate surface area is 108 Å². The van der Waals surface area contributed by atoms with Crippen LogP contribution in [0.2, 0.25) is 0 Å². The van der Waals surface area contributed by atoms with Crippen LogP contribution in [0, 0.1) is 0 Å². The molecule has 1 N–H and O–H groups in total. The van der Waals surface area contributed by atoms with Crippen LogP contribution in [0.3, 0.4) is 0 Å². The molecule has 0 aliphatic carbocycles. The minimum atomic E-state index is -5.08. The molecule has 2 rings (SSSR count). The highest BCUT2D eigenvalue weighted by Crippen LogP contribution is 2.22. The van der Waals surface area contributed by atoms with E-state index in [1.807, 2.05) is 12.1 Å². The largest absolute Gasteiger partial charge is 0.497 e. The van der Waals surface area contributed by atoms with E-state index < -0.39 is 12.1 Å². The lowest BCUT2D eigenvalue weighted by atomic mass is 10.2. The first-order valence-corrected chi connectivity index (χ1v) is 5.53. The van der Waals surface area contributed by atoms with E-state index in [4.69, 9.17) is 14.6 Å².